The summed E-state index contributed by atoms with van der Waals surface area (Å²) in [6.07, 6.45) is 8.39. The molecule has 4 heteroatoms. The van der Waals surface area contributed by atoms with Crippen LogP contribution in [0.25, 0.3) is 0 Å². The number of aromatic nitrogens is 3. The summed E-state index contributed by atoms with van der Waals surface area (Å²) >= 11 is 0. The van der Waals surface area contributed by atoms with Crippen molar-refractivity contribution in [3.05, 3.63) is 12.2 Å². The van der Waals surface area contributed by atoms with Crippen LogP contribution in [0.3, 0.4) is 0 Å². The third kappa shape index (κ3) is 3.31. The third-order valence-corrected chi connectivity index (χ3v) is 4.11. The van der Waals surface area contributed by atoms with Crippen LogP contribution in [0, 0.1) is 5.92 Å². The van der Waals surface area contributed by atoms with Crippen molar-refractivity contribution in [3.8, 4) is 0 Å². The minimum absolute atomic E-state index is 0.389. The molecule has 0 amide bonds. The molecule has 1 fully saturated rings. The van der Waals surface area contributed by atoms with Crippen LogP contribution >= 0.6 is 0 Å². The van der Waals surface area contributed by atoms with Crippen molar-refractivity contribution < 1.29 is 0 Å². The lowest BCUT2D eigenvalue weighted by Crippen LogP contribution is -2.33. The van der Waals surface area contributed by atoms with Gasteiger partial charge in [0.2, 0.25) is 0 Å². The van der Waals surface area contributed by atoms with Gasteiger partial charge < -0.3 is 5.32 Å². The first-order chi connectivity index (χ1) is 8.70. The Hall–Kier alpha value is -0.900. The number of hydrogen-bond donors (Lipinski definition) is 1. The Bertz CT molecular complexity index is 350. The van der Waals surface area contributed by atoms with Crippen molar-refractivity contribution in [1.82, 2.24) is 20.1 Å². The topological polar surface area (TPSA) is 42.7 Å². The Balaban J connectivity index is 1.80. The zero-order chi connectivity index (χ0) is 13.0. The van der Waals surface area contributed by atoms with Gasteiger partial charge in [-0.3, -0.25) is 0 Å². The van der Waals surface area contributed by atoms with Gasteiger partial charge >= 0.3 is 0 Å². The maximum Gasteiger partial charge on any atom is 0.141 e. The fourth-order valence-electron chi connectivity index (χ4n) is 2.84. The average molecular weight is 250 g/mol. The van der Waals surface area contributed by atoms with Crippen LogP contribution in [0.5, 0.6) is 0 Å². The molecule has 0 aromatic carbocycles. The molecule has 0 spiro atoms. The van der Waals surface area contributed by atoms with Crippen molar-refractivity contribution in [1.29, 1.82) is 0 Å². The summed E-state index contributed by atoms with van der Waals surface area (Å²) in [5, 5.41) is 7.91. The molecule has 0 atom stereocenters. The van der Waals surface area contributed by atoms with E-state index in [-0.39, 0.29) is 0 Å². The second kappa shape index (κ2) is 6.32. The lowest BCUT2D eigenvalue weighted by molar-refractivity contribution is 0.282. The molecule has 2 rings (SSSR count). The largest absolute Gasteiger partial charge is 0.307 e. The van der Waals surface area contributed by atoms with Crippen LogP contribution in [-0.4, -0.2) is 20.8 Å². The zero-order valence-electron chi connectivity index (χ0n) is 11.9. The average Bonchev–Trinajstić information content (AvgIpc) is 2.85. The standard InChI is InChI=1S/C14H26N4/c1-4-12-5-7-13(8-6-12)15-9-14-16-10-17-18(14)11(2)3/h10-13,15H,4-9H2,1-3H3. The van der Waals surface area contributed by atoms with E-state index >= 15 is 0 Å². The molecule has 1 aromatic heterocycles. The van der Waals surface area contributed by atoms with E-state index in [4.69, 9.17) is 0 Å². The first-order valence-electron chi connectivity index (χ1n) is 7.32. The van der Waals surface area contributed by atoms with Crippen LogP contribution in [0.4, 0.5) is 0 Å². The van der Waals surface area contributed by atoms with Gasteiger partial charge in [0.15, 0.2) is 0 Å². The van der Waals surface area contributed by atoms with Crippen LogP contribution in [0.1, 0.15) is 64.7 Å². The summed E-state index contributed by atoms with van der Waals surface area (Å²) < 4.78 is 2.00. The van der Waals surface area contributed by atoms with Gasteiger partial charge in [-0.15, -0.1) is 0 Å². The Morgan fingerprint density at radius 1 is 1.33 bits per heavy atom. The fourth-order valence-corrected chi connectivity index (χ4v) is 2.84. The van der Waals surface area contributed by atoms with Gasteiger partial charge in [-0.05, 0) is 45.4 Å². The molecular formula is C14H26N4. The van der Waals surface area contributed by atoms with Gasteiger partial charge in [0.05, 0.1) is 6.54 Å². The van der Waals surface area contributed by atoms with E-state index in [9.17, 15) is 0 Å². The molecule has 1 aromatic rings. The normalized spacial score (nSPS) is 24.7. The minimum atomic E-state index is 0.389. The third-order valence-electron chi connectivity index (χ3n) is 4.11. The summed E-state index contributed by atoms with van der Waals surface area (Å²) in [4.78, 5) is 4.34. The predicted molar refractivity (Wildman–Crippen MR) is 73.3 cm³/mol. The lowest BCUT2D eigenvalue weighted by Gasteiger charge is -2.28. The molecule has 0 bridgehead atoms. The maximum atomic E-state index is 4.34. The van der Waals surface area contributed by atoms with Gasteiger partial charge in [-0.25, -0.2) is 9.67 Å². The minimum Gasteiger partial charge on any atom is -0.307 e. The molecule has 0 aliphatic heterocycles. The van der Waals surface area contributed by atoms with E-state index in [2.05, 4.69) is 36.2 Å². The molecule has 4 nitrogen and oxygen atoms in total. The van der Waals surface area contributed by atoms with Crippen LogP contribution in [-0.2, 0) is 6.54 Å². The van der Waals surface area contributed by atoms with Crippen LogP contribution in [0.2, 0.25) is 0 Å². The molecule has 1 aliphatic carbocycles. The van der Waals surface area contributed by atoms with Crippen molar-refractivity contribution >= 4 is 0 Å². The molecule has 18 heavy (non-hydrogen) atoms. The number of nitrogens with zero attached hydrogens (tertiary/aromatic N) is 3. The summed E-state index contributed by atoms with van der Waals surface area (Å²) in [5.74, 6) is 2.02. The number of rotatable bonds is 5. The molecule has 0 saturated heterocycles. The van der Waals surface area contributed by atoms with Crippen molar-refractivity contribution in [2.24, 2.45) is 5.92 Å². The zero-order valence-corrected chi connectivity index (χ0v) is 11.9. The van der Waals surface area contributed by atoms with Crippen molar-refractivity contribution in [2.45, 2.75) is 71.5 Å². The number of hydrogen-bond acceptors (Lipinski definition) is 3. The summed E-state index contributed by atoms with van der Waals surface area (Å²) in [7, 11) is 0. The summed E-state index contributed by atoms with van der Waals surface area (Å²) in [5.41, 5.74) is 0. The smallest absolute Gasteiger partial charge is 0.141 e. The lowest BCUT2D eigenvalue weighted by atomic mass is 9.84. The summed E-state index contributed by atoms with van der Waals surface area (Å²) in [6, 6.07) is 1.06. The second-order valence-electron chi connectivity index (χ2n) is 5.72. The van der Waals surface area contributed by atoms with E-state index in [1.807, 2.05) is 4.68 Å². The van der Waals surface area contributed by atoms with Gasteiger partial charge in [0.25, 0.3) is 0 Å². The highest BCUT2D eigenvalue weighted by Gasteiger charge is 2.20. The molecule has 0 radical (unpaired) electrons. The highest BCUT2D eigenvalue weighted by molar-refractivity contribution is 4.87. The fraction of sp³-hybridized carbons (Fsp3) is 0.857. The summed E-state index contributed by atoms with van der Waals surface area (Å²) in [6.45, 7) is 7.44. The molecule has 1 aliphatic rings. The van der Waals surface area contributed by atoms with Gasteiger partial charge in [0, 0.05) is 12.1 Å². The van der Waals surface area contributed by atoms with E-state index < -0.39 is 0 Å². The van der Waals surface area contributed by atoms with Gasteiger partial charge in [-0.1, -0.05) is 13.3 Å². The Kier molecular flexibility index (Phi) is 4.75. The Morgan fingerprint density at radius 3 is 2.67 bits per heavy atom. The molecule has 1 heterocycles. The predicted octanol–water partition coefficient (Wildman–Crippen LogP) is 2.92. The maximum absolute atomic E-state index is 4.34. The molecule has 1 N–H and O–H groups in total. The van der Waals surface area contributed by atoms with E-state index in [1.54, 1.807) is 6.33 Å². The SMILES string of the molecule is CCC1CCC(NCc2ncnn2C(C)C)CC1. The van der Waals surface area contributed by atoms with E-state index in [0.717, 1.165) is 18.3 Å². The van der Waals surface area contributed by atoms with Crippen LogP contribution < -0.4 is 5.32 Å². The molecule has 0 unspecified atom stereocenters. The van der Waals surface area contributed by atoms with E-state index in [1.165, 1.54) is 32.1 Å². The second-order valence-corrected chi connectivity index (χ2v) is 5.72. The Labute approximate surface area is 110 Å². The van der Waals surface area contributed by atoms with E-state index in [0.29, 0.717) is 12.1 Å². The first kappa shape index (κ1) is 13.5. The highest BCUT2D eigenvalue weighted by atomic mass is 15.4. The quantitative estimate of drug-likeness (QED) is 0.873. The highest BCUT2D eigenvalue weighted by Crippen LogP contribution is 2.26. The van der Waals surface area contributed by atoms with Crippen LogP contribution in [0.15, 0.2) is 6.33 Å². The first-order valence-corrected chi connectivity index (χ1v) is 7.32. The molecule has 1 saturated carbocycles. The van der Waals surface area contributed by atoms with Crippen molar-refractivity contribution in [3.63, 3.8) is 0 Å². The number of nitrogens with one attached hydrogen (secondary N) is 1. The van der Waals surface area contributed by atoms with Gasteiger partial charge in [0.1, 0.15) is 12.2 Å². The molecule has 102 valence electrons. The Morgan fingerprint density at radius 2 is 2.06 bits per heavy atom. The van der Waals surface area contributed by atoms with Crippen molar-refractivity contribution in [2.75, 3.05) is 0 Å². The molecular weight excluding hydrogens is 224 g/mol. The van der Waals surface area contributed by atoms with Gasteiger partial charge in [-0.2, -0.15) is 5.10 Å². The monoisotopic (exact) mass is 250 g/mol.